The normalized spacial score (nSPS) is 12.8. The predicted molar refractivity (Wildman–Crippen MR) is 158 cm³/mol. The van der Waals surface area contributed by atoms with Crippen molar-refractivity contribution in [3.05, 3.63) is 127 Å². The maximum atomic E-state index is 4.99. The summed E-state index contributed by atoms with van der Waals surface area (Å²) in [6.45, 7) is 0. The summed E-state index contributed by atoms with van der Waals surface area (Å²) in [6, 6.07) is 36.1. The Kier molecular flexibility index (Phi) is 4.66. The van der Waals surface area contributed by atoms with Gasteiger partial charge in [-0.2, -0.15) is 0 Å². The molecule has 0 aliphatic carbocycles. The van der Waals surface area contributed by atoms with Crippen LogP contribution in [0.25, 0.3) is 59.4 Å². The molecule has 0 radical (unpaired) electrons. The van der Waals surface area contributed by atoms with Crippen molar-refractivity contribution in [3.8, 4) is 21.7 Å². The largest absolute Gasteiger partial charge is 0.313 e. The Labute approximate surface area is 223 Å². The number of fused-ring (bicyclic) bond motifs is 4. The summed E-state index contributed by atoms with van der Waals surface area (Å²) in [5.41, 5.74) is 9.81. The Morgan fingerprint density at radius 2 is 1.39 bits per heavy atom. The van der Waals surface area contributed by atoms with E-state index < -0.39 is 0 Å². The Morgan fingerprint density at radius 1 is 0.632 bits per heavy atom. The summed E-state index contributed by atoms with van der Waals surface area (Å²) in [7, 11) is 0. The van der Waals surface area contributed by atoms with Gasteiger partial charge >= 0.3 is 0 Å². The van der Waals surface area contributed by atoms with E-state index in [1.54, 1.807) is 11.3 Å². The highest BCUT2D eigenvalue weighted by Gasteiger charge is 2.26. The first-order chi connectivity index (χ1) is 18.8. The summed E-state index contributed by atoms with van der Waals surface area (Å²) in [6.07, 6.45) is 5.87. The van der Waals surface area contributed by atoms with Crippen molar-refractivity contribution < 1.29 is 0 Å². The first-order valence-corrected chi connectivity index (χ1v) is 13.3. The van der Waals surface area contributed by atoms with Crippen molar-refractivity contribution in [2.75, 3.05) is 4.90 Å². The van der Waals surface area contributed by atoms with Gasteiger partial charge in [0.1, 0.15) is 5.01 Å². The van der Waals surface area contributed by atoms with Crippen molar-refractivity contribution in [1.82, 2.24) is 15.0 Å². The standard InChI is InChI=1S/C33H20N4S/c1-2-9-25(10-3-1)37-20-29(37)23-16-22(17-24(18-23)33-36-28-12-4-5-13-30(28)38-33)27-19-21-8-6-14-34-31(21)32-26(27)11-7-15-35-32/h1-20H. The van der Waals surface area contributed by atoms with Gasteiger partial charge in [-0.3, -0.25) is 9.97 Å². The van der Waals surface area contributed by atoms with Gasteiger partial charge in [0.05, 0.1) is 26.9 Å². The Balaban J connectivity index is 1.35. The fourth-order valence-electron chi connectivity index (χ4n) is 5.17. The molecular formula is C33H20N4S. The minimum atomic E-state index is 0.920. The fourth-order valence-corrected chi connectivity index (χ4v) is 6.13. The van der Waals surface area contributed by atoms with E-state index in [0.29, 0.717) is 0 Å². The van der Waals surface area contributed by atoms with Crippen LogP contribution >= 0.6 is 11.3 Å². The highest BCUT2D eigenvalue weighted by Crippen LogP contribution is 2.43. The van der Waals surface area contributed by atoms with Crippen LogP contribution in [0, 0.1) is 0 Å². The van der Waals surface area contributed by atoms with Crippen LogP contribution in [0.2, 0.25) is 0 Å². The van der Waals surface area contributed by atoms with Gasteiger partial charge in [-0.1, -0.05) is 42.5 Å². The Morgan fingerprint density at radius 3 is 2.29 bits per heavy atom. The molecular weight excluding hydrogens is 484 g/mol. The van der Waals surface area contributed by atoms with Crippen LogP contribution in [0.3, 0.4) is 0 Å². The molecule has 4 aromatic carbocycles. The summed E-state index contributed by atoms with van der Waals surface area (Å²) < 4.78 is 1.19. The zero-order valence-electron chi connectivity index (χ0n) is 20.2. The molecule has 1 aliphatic rings. The predicted octanol–water partition coefficient (Wildman–Crippen LogP) is 8.55. The van der Waals surface area contributed by atoms with Gasteiger partial charge in [0.25, 0.3) is 0 Å². The van der Waals surface area contributed by atoms with Crippen LogP contribution in [-0.4, -0.2) is 15.0 Å². The number of hydrogen-bond acceptors (Lipinski definition) is 5. The lowest BCUT2D eigenvalue weighted by molar-refractivity contribution is 1.37. The van der Waals surface area contributed by atoms with Crippen LogP contribution < -0.4 is 4.90 Å². The van der Waals surface area contributed by atoms with Crippen LogP contribution in [0.1, 0.15) is 5.56 Å². The van der Waals surface area contributed by atoms with Crippen molar-refractivity contribution in [2.45, 2.75) is 0 Å². The molecule has 3 aromatic heterocycles. The highest BCUT2D eigenvalue weighted by atomic mass is 32.1. The molecule has 7 aromatic rings. The highest BCUT2D eigenvalue weighted by molar-refractivity contribution is 7.21. The Hall–Kier alpha value is -4.87. The van der Waals surface area contributed by atoms with Crippen LogP contribution in [0.15, 0.2) is 122 Å². The van der Waals surface area contributed by atoms with E-state index in [4.69, 9.17) is 9.97 Å². The smallest absolute Gasteiger partial charge is 0.124 e. The lowest BCUT2D eigenvalue weighted by Gasteiger charge is -2.13. The summed E-state index contributed by atoms with van der Waals surface area (Å²) in [5, 5.41) is 3.19. The zero-order chi connectivity index (χ0) is 25.1. The quantitative estimate of drug-likeness (QED) is 0.225. The molecule has 5 heteroatoms. The topological polar surface area (TPSA) is 41.7 Å². The van der Waals surface area contributed by atoms with E-state index in [1.165, 1.54) is 21.6 Å². The van der Waals surface area contributed by atoms with Gasteiger partial charge in [0.15, 0.2) is 0 Å². The first kappa shape index (κ1) is 21.2. The summed E-state index contributed by atoms with van der Waals surface area (Å²) in [4.78, 5) is 16.6. The maximum Gasteiger partial charge on any atom is 0.124 e. The van der Waals surface area contributed by atoms with Gasteiger partial charge < -0.3 is 4.90 Å². The van der Waals surface area contributed by atoms with Crippen LogP contribution in [0.5, 0.6) is 0 Å². The molecule has 178 valence electrons. The van der Waals surface area contributed by atoms with Gasteiger partial charge in [0.2, 0.25) is 0 Å². The average molecular weight is 505 g/mol. The van der Waals surface area contributed by atoms with Crippen LogP contribution in [-0.2, 0) is 0 Å². The van der Waals surface area contributed by atoms with E-state index in [2.05, 4.69) is 94.9 Å². The summed E-state index contributed by atoms with van der Waals surface area (Å²) >= 11 is 1.73. The van der Waals surface area contributed by atoms with Crippen molar-refractivity contribution >= 4 is 54.7 Å². The number of pyridine rings is 2. The SMILES string of the molecule is C1=C(c2cc(-c3nc4ccccc4s3)cc(-c3cc4cccnc4c4ncccc34)c2)N1c1ccccc1. The molecule has 0 fully saturated rings. The van der Waals surface area contributed by atoms with Crippen molar-refractivity contribution in [1.29, 1.82) is 0 Å². The number of para-hydroxylation sites is 2. The molecule has 1 aliphatic heterocycles. The Bertz CT molecular complexity index is 2010. The average Bonchev–Trinajstić information content (AvgIpc) is 3.67. The van der Waals surface area contributed by atoms with Crippen molar-refractivity contribution in [3.63, 3.8) is 0 Å². The van der Waals surface area contributed by atoms with Gasteiger partial charge in [-0.15, -0.1) is 11.3 Å². The molecule has 0 atom stereocenters. The number of nitrogens with zero attached hydrogens (tertiary/aromatic N) is 4. The molecule has 0 spiro atoms. The van der Waals surface area contributed by atoms with E-state index in [0.717, 1.165) is 49.0 Å². The van der Waals surface area contributed by atoms with Crippen molar-refractivity contribution in [2.24, 2.45) is 0 Å². The molecule has 0 saturated carbocycles. The number of aromatic nitrogens is 3. The number of hydrogen-bond donors (Lipinski definition) is 0. The maximum absolute atomic E-state index is 4.99. The third-order valence-electron chi connectivity index (χ3n) is 7.02. The fraction of sp³-hybridized carbons (Fsp3) is 0. The molecule has 0 amide bonds. The summed E-state index contributed by atoms with van der Waals surface area (Å²) in [5.74, 6) is 0. The number of benzene rings is 4. The molecule has 4 heterocycles. The molecule has 8 rings (SSSR count). The molecule has 38 heavy (non-hydrogen) atoms. The minimum absolute atomic E-state index is 0.920. The molecule has 0 N–H and O–H groups in total. The minimum Gasteiger partial charge on any atom is -0.313 e. The third-order valence-corrected chi connectivity index (χ3v) is 8.10. The van der Waals surface area contributed by atoms with E-state index in [1.807, 2.05) is 36.7 Å². The van der Waals surface area contributed by atoms with Gasteiger partial charge in [0, 0.05) is 46.2 Å². The van der Waals surface area contributed by atoms with Gasteiger partial charge in [-0.25, -0.2) is 4.98 Å². The monoisotopic (exact) mass is 504 g/mol. The second kappa shape index (κ2) is 8.33. The molecule has 0 bridgehead atoms. The number of thiazole rings is 1. The van der Waals surface area contributed by atoms with E-state index in [9.17, 15) is 0 Å². The molecule has 4 nitrogen and oxygen atoms in total. The lowest BCUT2D eigenvalue weighted by Crippen LogP contribution is -1.96. The first-order valence-electron chi connectivity index (χ1n) is 12.5. The second-order valence-electron chi connectivity index (χ2n) is 9.40. The van der Waals surface area contributed by atoms with E-state index in [-0.39, 0.29) is 0 Å². The zero-order valence-corrected chi connectivity index (χ0v) is 21.1. The van der Waals surface area contributed by atoms with E-state index >= 15 is 0 Å². The lowest BCUT2D eigenvalue weighted by atomic mass is 9.94. The number of rotatable bonds is 4. The van der Waals surface area contributed by atoms with Gasteiger partial charge in [-0.05, 0) is 71.8 Å². The van der Waals surface area contributed by atoms with Crippen LogP contribution in [0.4, 0.5) is 5.69 Å². The third kappa shape index (κ3) is 3.48. The molecule has 0 unspecified atom stereocenters. The second-order valence-corrected chi connectivity index (χ2v) is 10.4. The molecule has 0 saturated heterocycles. The number of anilines is 1.